The van der Waals surface area contributed by atoms with E-state index in [1.54, 1.807) is 29.3 Å². The first kappa shape index (κ1) is 17.4. The lowest BCUT2D eigenvalue weighted by atomic mass is 9.96. The third kappa shape index (κ3) is 5.01. The van der Waals surface area contributed by atoms with Gasteiger partial charge in [-0.1, -0.05) is 6.07 Å². The number of ether oxygens (including phenoxy) is 1. The number of hydrogen-bond donors (Lipinski definition) is 2. The van der Waals surface area contributed by atoms with E-state index in [4.69, 9.17) is 10.5 Å². The predicted octanol–water partition coefficient (Wildman–Crippen LogP) is 0.0237. The fourth-order valence-electron chi connectivity index (χ4n) is 2.67. The molecule has 0 bridgehead atoms. The van der Waals surface area contributed by atoms with Crippen LogP contribution in [0, 0.1) is 5.92 Å². The SMILES string of the molecule is COCC(N)C(=O)N1CCC(CNC(=O)c2ccccn2)CC1. The molecule has 1 fully saturated rings. The smallest absolute Gasteiger partial charge is 0.269 e. The van der Waals surface area contributed by atoms with Crippen molar-refractivity contribution in [2.75, 3.05) is 33.4 Å². The van der Waals surface area contributed by atoms with E-state index in [9.17, 15) is 9.59 Å². The molecule has 3 N–H and O–H groups in total. The van der Waals surface area contributed by atoms with Gasteiger partial charge in [0.2, 0.25) is 5.91 Å². The zero-order valence-corrected chi connectivity index (χ0v) is 13.4. The van der Waals surface area contributed by atoms with Crippen molar-refractivity contribution in [2.24, 2.45) is 11.7 Å². The molecule has 0 radical (unpaired) electrons. The van der Waals surface area contributed by atoms with Crippen LogP contribution in [-0.2, 0) is 9.53 Å². The number of carbonyl (C=O) groups is 2. The van der Waals surface area contributed by atoms with Gasteiger partial charge in [-0.25, -0.2) is 0 Å². The van der Waals surface area contributed by atoms with Crippen LogP contribution in [0.4, 0.5) is 0 Å². The predicted molar refractivity (Wildman–Crippen MR) is 85.7 cm³/mol. The van der Waals surface area contributed by atoms with E-state index >= 15 is 0 Å². The van der Waals surface area contributed by atoms with Crippen LogP contribution in [-0.4, -0.2) is 61.1 Å². The monoisotopic (exact) mass is 320 g/mol. The molecule has 0 aliphatic carbocycles. The van der Waals surface area contributed by atoms with Gasteiger partial charge < -0.3 is 20.7 Å². The van der Waals surface area contributed by atoms with E-state index < -0.39 is 6.04 Å². The number of rotatable bonds is 6. The fourth-order valence-corrected chi connectivity index (χ4v) is 2.67. The molecule has 1 aliphatic rings. The van der Waals surface area contributed by atoms with Gasteiger partial charge in [0.25, 0.3) is 5.91 Å². The summed E-state index contributed by atoms with van der Waals surface area (Å²) in [5.74, 6) is 0.138. The standard InChI is InChI=1S/C16H24N4O3/c1-23-11-13(17)16(22)20-8-5-12(6-9-20)10-19-15(21)14-4-2-3-7-18-14/h2-4,7,12-13H,5-6,8-11,17H2,1H3,(H,19,21). The summed E-state index contributed by atoms with van der Waals surface area (Å²) in [6, 6.07) is 4.65. The van der Waals surface area contributed by atoms with Gasteiger partial charge in [0.1, 0.15) is 11.7 Å². The van der Waals surface area contributed by atoms with E-state index in [0.717, 1.165) is 12.8 Å². The Morgan fingerprint density at radius 3 is 2.78 bits per heavy atom. The van der Waals surface area contributed by atoms with Crippen LogP contribution in [0.3, 0.4) is 0 Å². The van der Waals surface area contributed by atoms with Crippen molar-refractivity contribution in [3.8, 4) is 0 Å². The normalized spacial score (nSPS) is 16.9. The molecule has 7 heteroatoms. The van der Waals surface area contributed by atoms with E-state index in [1.807, 2.05) is 0 Å². The van der Waals surface area contributed by atoms with Gasteiger partial charge >= 0.3 is 0 Å². The highest BCUT2D eigenvalue weighted by Crippen LogP contribution is 2.17. The van der Waals surface area contributed by atoms with Crippen LogP contribution in [0.25, 0.3) is 0 Å². The molecule has 126 valence electrons. The van der Waals surface area contributed by atoms with Crippen LogP contribution >= 0.6 is 0 Å². The molecular formula is C16H24N4O3. The minimum Gasteiger partial charge on any atom is -0.383 e. The number of carbonyl (C=O) groups excluding carboxylic acids is 2. The zero-order chi connectivity index (χ0) is 16.7. The van der Waals surface area contributed by atoms with E-state index in [0.29, 0.717) is 31.2 Å². The van der Waals surface area contributed by atoms with Crippen molar-refractivity contribution in [1.82, 2.24) is 15.2 Å². The summed E-state index contributed by atoms with van der Waals surface area (Å²) in [6.45, 7) is 2.17. The summed E-state index contributed by atoms with van der Waals surface area (Å²) in [7, 11) is 1.53. The zero-order valence-electron chi connectivity index (χ0n) is 13.4. The molecule has 23 heavy (non-hydrogen) atoms. The van der Waals surface area contributed by atoms with Gasteiger partial charge in [-0.05, 0) is 30.9 Å². The van der Waals surface area contributed by atoms with Gasteiger partial charge in [-0.2, -0.15) is 0 Å². The van der Waals surface area contributed by atoms with Gasteiger partial charge in [0.05, 0.1) is 6.61 Å². The van der Waals surface area contributed by atoms with E-state index in [-0.39, 0.29) is 18.4 Å². The highest BCUT2D eigenvalue weighted by atomic mass is 16.5. The molecule has 2 rings (SSSR count). The number of likely N-dealkylation sites (tertiary alicyclic amines) is 1. The first-order valence-electron chi connectivity index (χ1n) is 7.84. The number of hydrogen-bond acceptors (Lipinski definition) is 5. The second-order valence-electron chi connectivity index (χ2n) is 5.76. The maximum atomic E-state index is 12.1. The summed E-state index contributed by atoms with van der Waals surface area (Å²) < 4.78 is 4.92. The summed E-state index contributed by atoms with van der Waals surface area (Å²) in [4.78, 5) is 29.8. The third-order valence-electron chi connectivity index (χ3n) is 4.04. The molecule has 1 saturated heterocycles. The lowest BCUT2D eigenvalue weighted by Crippen LogP contribution is -2.49. The first-order valence-corrected chi connectivity index (χ1v) is 7.84. The number of pyridine rings is 1. The fraction of sp³-hybridized carbons (Fsp3) is 0.562. The molecule has 2 amide bonds. The Morgan fingerprint density at radius 1 is 1.43 bits per heavy atom. The number of piperidine rings is 1. The van der Waals surface area contributed by atoms with Crippen LogP contribution in [0.15, 0.2) is 24.4 Å². The number of nitrogens with two attached hydrogens (primary N) is 1. The van der Waals surface area contributed by atoms with Crippen LogP contribution < -0.4 is 11.1 Å². The van der Waals surface area contributed by atoms with E-state index in [1.165, 1.54) is 7.11 Å². The summed E-state index contributed by atoms with van der Waals surface area (Å²) >= 11 is 0. The highest BCUT2D eigenvalue weighted by Gasteiger charge is 2.26. The van der Waals surface area contributed by atoms with Crippen molar-refractivity contribution in [2.45, 2.75) is 18.9 Å². The quantitative estimate of drug-likeness (QED) is 0.770. The van der Waals surface area contributed by atoms with Gasteiger partial charge in [0, 0.05) is 32.9 Å². The maximum Gasteiger partial charge on any atom is 0.269 e. The number of nitrogens with one attached hydrogen (secondary N) is 1. The average molecular weight is 320 g/mol. The topological polar surface area (TPSA) is 97.5 Å². The first-order chi connectivity index (χ1) is 11.1. The molecule has 2 heterocycles. The molecule has 1 unspecified atom stereocenters. The molecule has 1 aromatic heterocycles. The van der Waals surface area contributed by atoms with Crippen LogP contribution in [0.2, 0.25) is 0 Å². The van der Waals surface area contributed by atoms with Crippen molar-refractivity contribution < 1.29 is 14.3 Å². The number of nitrogens with zero attached hydrogens (tertiary/aromatic N) is 2. The minimum atomic E-state index is -0.597. The molecule has 1 aliphatic heterocycles. The van der Waals surface area contributed by atoms with Crippen molar-refractivity contribution in [3.05, 3.63) is 30.1 Å². The maximum absolute atomic E-state index is 12.1. The van der Waals surface area contributed by atoms with Crippen molar-refractivity contribution >= 4 is 11.8 Å². The van der Waals surface area contributed by atoms with Crippen LogP contribution in [0.1, 0.15) is 23.3 Å². The second-order valence-corrected chi connectivity index (χ2v) is 5.76. The Morgan fingerprint density at radius 2 is 2.17 bits per heavy atom. The number of methoxy groups -OCH3 is 1. The largest absolute Gasteiger partial charge is 0.383 e. The Bertz CT molecular complexity index is 515. The lowest BCUT2D eigenvalue weighted by Gasteiger charge is -2.33. The van der Waals surface area contributed by atoms with Gasteiger partial charge in [0.15, 0.2) is 0 Å². The highest BCUT2D eigenvalue weighted by molar-refractivity contribution is 5.92. The van der Waals surface area contributed by atoms with Crippen molar-refractivity contribution in [3.63, 3.8) is 0 Å². The summed E-state index contributed by atoms with van der Waals surface area (Å²) in [5, 5.41) is 2.91. The summed E-state index contributed by atoms with van der Waals surface area (Å²) in [5.41, 5.74) is 6.20. The average Bonchev–Trinajstić information content (AvgIpc) is 2.60. The Balaban J connectivity index is 1.73. The Hall–Kier alpha value is -1.99. The molecular weight excluding hydrogens is 296 g/mol. The van der Waals surface area contributed by atoms with E-state index in [2.05, 4.69) is 10.3 Å². The van der Waals surface area contributed by atoms with Gasteiger partial charge in [-0.15, -0.1) is 0 Å². The van der Waals surface area contributed by atoms with Gasteiger partial charge in [-0.3, -0.25) is 14.6 Å². The molecule has 1 aromatic rings. The molecule has 7 nitrogen and oxygen atoms in total. The van der Waals surface area contributed by atoms with Crippen LogP contribution in [0.5, 0.6) is 0 Å². The lowest BCUT2D eigenvalue weighted by molar-refractivity contribution is -0.135. The molecule has 0 spiro atoms. The van der Waals surface area contributed by atoms with Crippen molar-refractivity contribution in [1.29, 1.82) is 0 Å². The molecule has 0 aromatic carbocycles. The summed E-state index contributed by atoms with van der Waals surface area (Å²) in [6.07, 6.45) is 3.31. The Kier molecular flexibility index (Phi) is 6.49. The number of amides is 2. The third-order valence-corrected chi connectivity index (χ3v) is 4.04. The second kappa shape index (κ2) is 8.59. The molecule has 1 atom stereocenters. The number of aromatic nitrogens is 1. The molecule has 0 saturated carbocycles. The minimum absolute atomic E-state index is 0.0668. The Labute approximate surface area is 136 Å².